The van der Waals surface area contributed by atoms with Crippen molar-refractivity contribution in [1.82, 2.24) is 4.57 Å². The number of pyridine rings is 1. The van der Waals surface area contributed by atoms with Gasteiger partial charge in [0.2, 0.25) is 5.43 Å². The van der Waals surface area contributed by atoms with Crippen molar-refractivity contribution >= 4 is 29.5 Å². The Kier molecular flexibility index (Phi) is 6.08. The van der Waals surface area contributed by atoms with Crippen LogP contribution in [0.15, 0.2) is 71.7 Å². The van der Waals surface area contributed by atoms with E-state index in [9.17, 15) is 28.4 Å². The van der Waals surface area contributed by atoms with Gasteiger partial charge in [0.15, 0.2) is 0 Å². The molecule has 3 aromatic carbocycles. The van der Waals surface area contributed by atoms with E-state index in [1.54, 1.807) is 19.1 Å². The van der Waals surface area contributed by atoms with Crippen molar-refractivity contribution in [3.8, 4) is 5.69 Å². The molecule has 0 aliphatic rings. The summed E-state index contributed by atoms with van der Waals surface area (Å²) in [6.07, 6.45) is 1.28. The average Bonchev–Trinajstić information content (AvgIpc) is 2.80. The lowest BCUT2D eigenvalue weighted by atomic mass is 9.80. The highest BCUT2D eigenvalue weighted by Gasteiger charge is 2.19. The van der Waals surface area contributed by atoms with E-state index in [2.05, 4.69) is 0 Å². The van der Waals surface area contributed by atoms with Crippen molar-refractivity contribution < 1.29 is 28.4 Å². The average molecular weight is 449 g/mol. The van der Waals surface area contributed by atoms with Gasteiger partial charge in [0.25, 0.3) is 0 Å². The predicted molar refractivity (Wildman–Crippen MR) is 120 cm³/mol. The van der Waals surface area contributed by atoms with Gasteiger partial charge >= 0.3 is 13.1 Å². The Morgan fingerprint density at radius 3 is 2.48 bits per heavy atom. The summed E-state index contributed by atoms with van der Waals surface area (Å²) in [6, 6.07) is 14.1. The van der Waals surface area contributed by atoms with Gasteiger partial charge in [0.1, 0.15) is 23.8 Å². The Hall–Kier alpha value is -3.82. The summed E-state index contributed by atoms with van der Waals surface area (Å²) >= 11 is 0. The van der Waals surface area contributed by atoms with Crippen molar-refractivity contribution in [2.75, 3.05) is 0 Å². The minimum atomic E-state index is -1.68. The number of fused-ring (bicyclic) bond motifs is 1. The second-order valence-electron chi connectivity index (χ2n) is 7.53. The highest BCUT2D eigenvalue weighted by atomic mass is 19.1. The molecule has 0 saturated heterocycles. The molecule has 1 heterocycles. The first kappa shape index (κ1) is 22.4. The number of rotatable bonds is 5. The van der Waals surface area contributed by atoms with Gasteiger partial charge in [0.05, 0.1) is 5.52 Å². The van der Waals surface area contributed by atoms with Crippen molar-refractivity contribution in [2.45, 2.75) is 13.5 Å². The highest BCUT2D eigenvalue weighted by molar-refractivity contribution is 6.58. The molecular formula is C24H18BF2NO5. The van der Waals surface area contributed by atoms with E-state index < -0.39 is 30.2 Å². The molecule has 0 atom stereocenters. The molecule has 0 spiro atoms. The zero-order chi connectivity index (χ0) is 23.7. The van der Waals surface area contributed by atoms with Crippen LogP contribution in [0.25, 0.3) is 16.6 Å². The molecule has 2 N–H and O–H groups in total. The number of carbonyl (C=O) groups is 1. The summed E-state index contributed by atoms with van der Waals surface area (Å²) in [5.74, 6) is -2.00. The maximum absolute atomic E-state index is 14.3. The van der Waals surface area contributed by atoms with E-state index >= 15 is 0 Å². The summed E-state index contributed by atoms with van der Waals surface area (Å²) in [4.78, 5) is 25.8. The number of esters is 1. The molecule has 0 aliphatic carbocycles. The van der Waals surface area contributed by atoms with Crippen LogP contribution in [0, 0.1) is 18.6 Å². The number of carbonyl (C=O) groups excluding carboxylic acids is 1. The third-order valence-electron chi connectivity index (χ3n) is 5.23. The van der Waals surface area contributed by atoms with Gasteiger partial charge in [-0.05, 0) is 59.9 Å². The van der Waals surface area contributed by atoms with Gasteiger partial charge in [-0.1, -0.05) is 24.3 Å². The van der Waals surface area contributed by atoms with E-state index in [1.165, 1.54) is 53.2 Å². The lowest BCUT2D eigenvalue weighted by Crippen LogP contribution is -2.30. The number of hydrogen-bond donors (Lipinski definition) is 2. The van der Waals surface area contributed by atoms with Gasteiger partial charge in [-0.3, -0.25) is 4.79 Å². The molecule has 0 saturated carbocycles. The van der Waals surface area contributed by atoms with E-state index in [4.69, 9.17) is 4.74 Å². The molecule has 6 nitrogen and oxygen atoms in total. The Morgan fingerprint density at radius 2 is 1.79 bits per heavy atom. The topological polar surface area (TPSA) is 88.8 Å². The SMILES string of the molecule is Cc1cc2c(cc1F)c(=O)c(C(=O)OCc1cccc(B(O)O)c1)cn2-c1ccc(F)cc1. The second kappa shape index (κ2) is 8.97. The molecule has 4 rings (SSSR count). The molecule has 0 amide bonds. The third kappa shape index (κ3) is 4.55. The molecule has 0 radical (unpaired) electrons. The number of ether oxygens (including phenoxy) is 1. The minimum absolute atomic E-state index is 0.0257. The van der Waals surface area contributed by atoms with Crippen LogP contribution in [0.2, 0.25) is 0 Å². The smallest absolute Gasteiger partial charge is 0.457 e. The van der Waals surface area contributed by atoms with E-state index in [1.807, 2.05) is 0 Å². The molecule has 166 valence electrons. The van der Waals surface area contributed by atoms with Gasteiger partial charge < -0.3 is 19.4 Å². The van der Waals surface area contributed by atoms with Gasteiger partial charge in [-0.25, -0.2) is 13.6 Å². The van der Waals surface area contributed by atoms with Gasteiger partial charge in [-0.2, -0.15) is 0 Å². The van der Waals surface area contributed by atoms with Crippen LogP contribution in [0.1, 0.15) is 21.5 Å². The van der Waals surface area contributed by atoms with Crippen LogP contribution in [0.5, 0.6) is 0 Å². The maximum atomic E-state index is 14.3. The number of benzene rings is 3. The van der Waals surface area contributed by atoms with Crippen LogP contribution in [0.3, 0.4) is 0 Å². The number of nitrogens with zero attached hydrogens (tertiary/aromatic N) is 1. The Morgan fingerprint density at radius 1 is 1.06 bits per heavy atom. The Balaban J connectivity index is 1.77. The third-order valence-corrected chi connectivity index (χ3v) is 5.23. The van der Waals surface area contributed by atoms with E-state index in [-0.39, 0.29) is 23.0 Å². The zero-order valence-corrected chi connectivity index (χ0v) is 17.5. The quantitative estimate of drug-likeness (QED) is 0.361. The van der Waals surface area contributed by atoms with Crippen LogP contribution >= 0.6 is 0 Å². The van der Waals surface area contributed by atoms with Crippen LogP contribution in [0.4, 0.5) is 8.78 Å². The Bertz CT molecular complexity index is 1420. The van der Waals surface area contributed by atoms with Gasteiger partial charge in [-0.15, -0.1) is 0 Å². The molecule has 9 heteroatoms. The van der Waals surface area contributed by atoms with Crippen molar-refractivity contribution in [1.29, 1.82) is 0 Å². The number of halogens is 2. The van der Waals surface area contributed by atoms with Crippen molar-refractivity contribution in [2.24, 2.45) is 0 Å². The lowest BCUT2D eigenvalue weighted by Gasteiger charge is -2.14. The fourth-order valence-electron chi connectivity index (χ4n) is 3.48. The van der Waals surface area contributed by atoms with E-state index in [0.29, 0.717) is 22.3 Å². The monoisotopic (exact) mass is 449 g/mol. The summed E-state index contributed by atoms with van der Waals surface area (Å²) in [5.41, 5.74) is 0.797. The molecule has 0 bridgehead atoms. The van der Waals surface area contributed by atoms with Crippen molar-refractivity contribution in [3.63, 3.8) is 0 Å². The van der Waals surface area contributed by atoms with Crippen molar-refractivity contribution in [3.05, 3.63) is 105 Å². The molecular weight excluding hydrogens is 431 g/mol. The number of hydrogen-bond acceptors (Lipinski definition) is 5. The second-order valence-corrected chi connectivity index (χ2v) is 7.53. The number of aromatic nitrogens is 1. The molecule has 1 aromatic heterocycles. The summed E-state index contributed by atoms with van der Waals surface area (Å²) in [5, 5.41) is 18.6. The first-order valence-corrected chi connectivity index (χ1v) is 9.98. The van der Waals surface area contributed by atoms with Crippen LogP contribution in [-0.4, -0.2) is 27.7 Å². The maximum Gasteiger partial charge on any atom is 0.488 e. The summed E-state index contributed by atoms with van der Waals surface area (Å²) in [7, 11) is -1.68. The highest BCUT2D eigenvalue weighted by Crippen LogP contribution is 2.22. The summed E-state index contributed by atoms with van der Waals surface area (Å²) in [6.45, 7) is 1.32. The normalized spacial score (nSPS) is 10.9. The zero-order valence-electron chi connectivity index (χ0n) is 17.5. The first-order valence-electron chi connectivity index (χ1n) is 9.98. The molecule has 0 unspecified atom stereocenters. The largest absolute Gasteiger partial charge is 0.488 e. The van der Waals surface area contributed by atoms with Crippen LogP contribution in [-0.2, 0) is 11.3 Å². The fourth-order valence-corrected chi connectivity index (χ4v) is 3.48. The number of aryl methyl sites for hydroxylation is 1. The van der Waals surface area contributed by atoms with Crippen LogP contribution < -0.4 is 10.9 Å². The standard InChI is InChI=1S/C24H18BF2NO5/c1-14-9-22-19(11-21(14)27)23(29)20(12-28(22)18-7-5-17(26)6-8-18)24(30)33-13-15-3-2-4-16(10-15)25(31)32/h2-12,31-32H,13H2,1H3. The molecule has 33 heavy (non-hydrogen) atoms. The summed E-state index contributed by atoms with van der Waals surface area (Å²) < 4.78 is 34.5. The van der Waals surface area contributed by atoms with E-state index in [0.717, 1.165) is 6.07 Å². The fraction of sp³-hybridized carbons (Fsp3) is 0.0833. The Labute approximate surface area is 187 Å². The molecule has 4 aromatic rings. The predicted octanol–water partition coefficient (Wildman–Crippen LogP) is 2.61. The molecule has 0 aliphatic heterocycles. The lowest BCUT2D eigenvalue weighted by molar-refractivity contribution is 0.0471. The van der Waals surface area contributed by atoms with Gasteiger partial charge in [0, 0.05) is 17.3 Å². The molecule has 0 fully saturated rings. The minimum Gasteiger partial charge on any atom is -0.457 e. The first-order chi connectivity index (χ1) is 15.7.